The lowest BCUT2D eigenvalue weighted by Crippen LogP contribution is -2.20. The Morgan fingerprint density at radius 1 is 1.03 bits per heavy atom. The molecule has 172 valence electrons. The molecule has 0 bridgehead atoms. The lowest BCUT2D eigenvalue weighted by molar-refractivity contribution is 0.622. The van der Waals surface area contributed by atoms with Crippen molar-refractivity contribution >= 4 is 23.2 Å². The van der Waals surface area contributed by atoms with Crippen LogP contribution in [0.4, 0.5) is 5.69 Å². The zero-order valence-electron chi connectivity index (χ0n) is 19.3. The Morgan fingerprint density at radius 3 is 2.47 bits per heavy atom. The molecule has 2 heterocycles. The van der Waals surface area contributed by atoms with Crippen molar-refractivity contribution in [1.82, 2.24) is 14.0 Å². The average molecular weight is 470 g/mol. The molecule has 0 spiro atoms. The Kier molecular flexibility index (Phi) is 6.27. The van der Waals surface area contributed by atoms with E-state index in [1.54, 1.807) is 4.68 Å². The van der Waals surface area contributed by atoms with Gasteiger partial charge < -0.3 is 0 Å². The third-order valence-corrected chi connectivity index (χ3v) is 7.00. The van der Waals surface area contributed by atoms with E-state index in [1.807, 2.05) is 78.1 Å². The molecular weight excluding hydrogens is 442 g/mol. The van der Waals surface area contributed by atoms with E-state index in [1.165, 1.54) is 11.3 Å². The lowest BCUT2D eigenvalue weighted by Gasteiger charge is -2.12. The predicted molar refractivity (Wildman–Crippen MR) is 139 cm³/mol. The molecule has 0 N–H and O–H groups in total. The standard InChI is InChI=1S/C27H27N5OS/c1-20-25(26(33)32(30(20)2)23-16-10-5-11-17-23)29-27-31(28-18-21-12-6-3-7-13-21)24(19-34-27)22-14-8-4-9-15-22/h3-6,8-11,14-19,21H,7,12-13H2,1-2H3. The molecule has 4 aromatic rings. The first-order valence-electron chi connectivity index (χ1n) is 11.5. The molecule has 1 aliphatic rings. The van der Waals surface area contributed by atoms with Crippen LogP contribution in [-0.4, -0.2) is 20.3 Å². The maximum absolute atomic E-state index is 13.4. The Balaban J connectivity index is 1.65. The summed E-state index contributed by atoms with van der Waals surface area (Å²) < 4.78 is 5.38. The quantitative estimate of drug-likeness (QED) is 0.284. The summed E-state index contributed by atoms with van der Waals surface area (Å²) in [4.78, 5) is 18.9. The van der Waals surface area contributed by atoms with Gasteiger partial charge in [-0.05, 0) is 44.2 Å². The molecule has 1 aliphatic carbocycles. The number of nitrogens with zero attached hydrogens (tertiary/aromatic N) is 5. The van der Waals surface area contributed by atoms with Crippen molar-refractivity contribution in [3.63, 3.8) is 0 Å². The zero-order valence-corrected chi connectivity index (χ0v) is 20.2. The van der Waals surface area contributed by atoms with Gasteiger partial charge in [0.25, 0.3) is 5.56 Å². The second-order valence-corrected chi connectivity index (χ2v) is 9.25. The summed E-state index contributed by atoms with van der Waals surface area (Å²) in [6.45, 7) is 1.92. The van der Waals surface area contributed by atoms with Gasteiger partial charge in [-0.3, -0.25) is 9.48 Å². The number of allylic oxidation sites excluding steroid dienone is 2. The molecule has 34 heavy (non-hydrogen) atoms. The number of aromatic nitrogens is 3. The fraction of sp³-hybridized carbons (Fsp3) is 0.222. The van der Waals surface area contributed by atoms with E-state index >= 15 is 0 Å². The molecule has 0 aliphatic heterocycles. The van der Waals surface area contributed by atoms with Gasteiger partial charge in [0.15, 0.2) is 5.69 Å². The summed E-state index contributed by atoms with van der Waals surface area (Å²) in [6, 6.07) is 19.8. The lowest BCUT2D eigenvalue weighted by atomic mass is 9.96. The van der Waals surface area contributed by atoms with Gasteiger partial charge in [0, 0.05) is 24.2 Å². The van der Waals surface area contributed by atoms with Crippen molar-refractivity contribution in [2.45, 2.75) is 26.2 Å². The van der Waals surface area contributed by atoms with Crippen molar-refractivity contribution in [2.24, 2.45) is 23.1 Å². The van der Waals surface area contributed by atoms with Crippen LogP contribution in [0.5, 0.6) is 0 Å². The number of para-hydroxylation sites is 1. The minimum Gasteiger partial charge on any atom is -0.283 e. The molecule has 0 radical (unpaired) electrons. The van der Waals surface area contributed by atoms with Crippen LogP contribution >= 0.6 is 11.3 Å². The summed E-state index contributed by atoms with van der Waals surface area (Å²) in [5.74, 6) is 0.405. The minimum atomic E-state index is -0.145. The molecule has 2 aromatic carbocycles. The van der Waals surface area contributed by atoms with Gasteiger partial charge in [-0.25, -0.2) is 14.4 Å². The topological polar surface area (TPSA) is 56.6 Å². The smallest absolute Gasteiger partial charge is 0.283 e. The number of hydrogen-bond acceptors (Lipinski definition) is 4. The molecule has 0 fully saturated rings. The van der Waals surface area contributed by atoms with Crippen LogP contribution in [0, 0.1) is 12.8 Å². The summed E-state index contributed by atoms with van der Waals surface area (Å²) in [5, 5.41) is 6.92. The molecule has 2 aromatic heterocycles. The van der Waals surface area contributed by atoms with E-state index in [0.717, 1.165) is 41.9 Å². The Bertz CT molecular complexity index is 1470. The van der Waals surface area contributed by atoms with Crippen LogP contribution in [0.3, 0.4) is 0 Å². The Labute approximate surface area is 202 Å². The fourth-order valence-electron chi connectivity index (χ4n) is 4.19. The molecular formula is C27H27N5OS. The number of hydrogen-bond donors (Lipinski definition) is 0. The maximum atomic E-state index is 13.4. The normalized spacial score (nSPS) is 16.5. The van der Waals surface area contributed by atoms with Gasteiger partial charge in [0.05, 0.1) is 17.1 Å². The van der Waals surface area contributed by atoms with Crippen molar-refractivity contribution in [3.8, 4) is 16.9 Å². The van der Waals surface area contributed by atoms with E-state index in [4.69, 9.17) is 10.1 Å². The largest absolute Gasteiger partial charge is 0.297 e. The fourth-order valence-corrected chi connectivity index (χ4v) is 5.03. The molecule has 5 rings (SSSR count). The third-order valence-electron chi connectivity index (χ3n) is 6.19. The first-order valence-corrected chi connectivity index (χ1v) is 12.4. The van der Waals surface area contributed by atoms with Crippen LogP contribution in [0.1, 0.15) is 25.0 Å². The van der Waals surface area contributed by atoms with Gasteiger partial charge in [0.1, 0.15) is 0 Å². The number of rotatable bonds is 5. The minimum absolute atomic E-state index is 0.145. The number of thiazole rings is 1. The van der Waals surface area contributed by atoms with E-state index in [2.05, 4.69) is 29.7 Å². The van der Waals surface area contributed by atoms with Crippen LogP contribution in [0.2, 0.25) is 0 Å². The second-order valence-electron chi connectivity index (χ2n) is 8.41. The summed E-state index contributed by atoms with van der Waals surface area (Å²) >= 11 is 1.49. The van der Waals surface area contributed by atoms with Crippen molar-refractivity contribution < 1.29 is 0 Å². The number of benzene rings is 2. The van der Waals surface area contributed by atoms with E-state index in [-0.39, 0.29) is 5.56 Å². The maximum Gasteiger partial charge on any atom is 0.297 e. The molecule has 1 unspecified atom stereocenters. The van der Waals surface area contributed by atoms with E-state index in [9.17, 15) is 4.79 Å². The molecule has 0 amide bonds. The highest BCUT2D eigenvalue weighted by Crippen LogP contribution is 2.22. The van der Waals surface area contributed by atoms with Crippen molar-refractivity contribution in [2.75, 3.05) is 0 Å². The molecule has 7 heteroatoms. The van der Waals surface area contributed by atoms with E-state index < -0.39 is 0 Å². The third kappa shape index (κ3) is 4.26. The van der Waals surface area contributed by atoms with Gasteiger partial charge in [-0.2, -0.15) is 5.10 Å². The van der Waals surface area contributed by atoms with Gasteiger partial charge >= 0.3 is 0 Å². The van der Waals surface area contributed by atoms with Crippen molar-refractivity contribution in [1.29, 1.82) is 0 Å². The highest BCUT2D eigenvalue weighted by Gasteiger charge is 2.17. The zero-order chi connectivity index (χ0) is 23.5. The highest BCUT2D eigenvalue weighted by atomic mass is 32.1. The van der Waals surface area contributed by atoms with Crippen LogP contribution in [0.15, 0.2) is 93.1 Å². The SMILES string of the molecule is Cc1c(N=c2scc(-c3ccccc3)n2N=CC2CC=CCC2)c(=O)n(-c2ccccc2)n1C. The summed E-state index contributed by atoms with van der Waals surface area (Å²) in [7, 11) is 1.88. The Morgan fingerprint density at radius 2 is 1.76 bits per heavy atom. The monoisotopic (exact) mass is 469 g/mol. The Hall–Kier alpha value is -3.71. The van der Waals surface area contributed by atoms with Gasteiger partial charge in [-0.15, -0.1) is 11.3 Å². The van der Waals surface area contributed by atoms with E-state index in [0.29, 0.717) is 16.4 Å². The predicted octanol–water partition coefficient (Wildman–Crippen LogP) is 5.44. The summed E-state index contributed by atoms with van der Waals surface area (Å²) in [5.41, 5.74) is 3.92. The van der Waals surface area contributed by atoms with Gasteiger partial charge in [0.2, 0.25) is 4.80 Å². The molecule has 0 saturated carbocycles. The highest BCUT2D eigenvalue weighted by molar-refractivity contribution is 7.07. The first-order chi connectivity index (χ1) is 16.6. The molecule has 6 nitrogen and oxygen atoms in total. The van der Waals surface area contributed by atoms with Gasteiger partial charge in [-0.1, -0.05) is 60.7 Å². The molecule has 1 atom stereocenters. The van der Waals surface area contributed by atoms with Crippen LogP contribution in [-0.2, 0) is 7.05 Å². The van der Waals surface area contributed by atoms with Crippen LogP contribution in [0.25, 0.3) is 16.9 Å². The summed E-state index contributed by atoms with van der Waals surface area (Å²) in [6.07, 6.45) is 9.66. The first kappa shape index (κ1) is 22.1. The molecule has 0 saturated heterocycles. The van der Waals surface area contributed by atoms with Crippen LogP contribution < -0.4 is 10.4 Å². The van der Waals surface area contributed by atoms with Crippen molar-refractivity contribution in [3.05, 3.63) is 99.0 Å². The second kappa shape index (κ2) is 9.65. The average Bonchev–Trinajstić information content (AvgIpc) is 3.38.